The van der Waals surface area contributed by atoms with Crippen LogP contribution in [0.5, 0.6) is 0 Å². The summed E-state index contributed by atoms with van der Waals surface area (Å²) >= 11 is 1.36. The molecule has 0 spiro atoms. The number of carbonyl (C=O) groups is 2. The lowest BCUT2D eigenvalue weighted by Gasteiger charge is -2.30. The van der Waals surface area contributed by atoms with Gasteiger partial charge in [0.05, 0.1) is 12.2 Å². The van der Waals surface area contributed by atoms with Crippen LogP contribution in [0.3, 0.4) is 0 Å². The molecule has 1 amide bonds. The Labute approximate surface area is 180 Å². The van der Waals surface area contributed by atoms with Gasteiger partial charge in [-0.15, -0.1) is 11.3 Å². The quantitative estimate of drug-likeness (QED) is 0.575. The highest BCUT2D eigenvalue weighted by atomic mass is 32.1. The molecule has 4 rings (SSSR count). The second-order valence-electron chi connectivity index (χ2n) is 8.22. The van der Waals surface area contributed by atoms with Crippen molar-refractivity contribution in [2.75, 3.05) is 19.7 Å². The van der Waals surface area contributed by atoms with Gasteiger partial charge in [-0.25, -0.2) is 4.79 Å². The number of aromatic nitrogens is 2. The van der Waals surface area contributed by atoms with Gasteiger partial charge in [-0.1, -0.05) is 36.8 Å². The molecule has 1 fully saturated rings. The van der Waals surface area contributed by atoms with Crippen molar-refractivity contribution in [3.05, 3.63) is 52.0 Å². The van der Waals surface area contributed by atoms with E-state index in [0.717, 1.165) is 47.4 Å². The highest BCUT2D eigenvalue weighted by Crippen LogP contribution is 2.29. The van der Waals surface area contributed by atoms with Gasteiger partial charge in [-0.05, 0) is 44.2 Å². The molecule has 1 unspecified atom stereocenters. The van der Waals surface area contributed by atoms with Gasteiger partial charge in [-0.3, -0.25) is 9.48 Å². The fourth-order valence-electron chi connectivity index (χ4n) is 3.89. The summed E-state index contributed by atoms with van der Waals surface area (Å²) in [7, 11) is 0. The molecule has 30 heavy (non-hydrogen) atoms. The lowest BCUT2D eigenvalue weighted by molar-refractivity contribution is -0.136. The van der Waals surface area contributed by atoms with Crippen molar-refractivity contribution in [1.82, 2.24) is 14.7 Å². The number of ether oxygens (including phenoxy) is 1. The van der Waals surface area contributed by atoms with Crippen molar-refractivity contribution < 1.29 is 14.3 Å². The zero-order valence-electron chi connectivity index (χ0n) is 17.7. The summed E-state index contributed by atoms with van der Waals surface area (Å²) < 4.78 is 7.27. The molecule has 1 aliphatic rings. The van der Waals surface area contributed by atoms with Gasteiger partial charge in [0.1, 0.15) is 9.71 Å². The Bertz CT molecular complexity index is 1070. The minimum atomic E-state index is -0.448. The first-order chi connectivity index (χ1) is 14.4. The Kier molecular flexibility index (Phi) is 5.90. The van der Waals surface area contributed by atoms with E-state index in [0.29, 0.717) is 17.3 Å². The molecule has 158 valence electrons. The fourth-order valence-corrected chi connectivity index (χ4v) is 4.95. The number of fused-ring (bicyclic) bond motifs is 1. The van der Waals surface area contributed by atoms with Crippen molar-refractivity contribution in [1.29, 1.82) is 0 Å². The molecule has 0 N–H and O–H groups in total. The van der Waals surface area contributed by atoms with Crippen LogP contribution in [0.4, 0.5) is 0 Å². The number of nitrogens with zero attached hydrogens (tertiary/aromatic N) is 3. The van der Waals surface area contributed by atoms with E-state index >= 15 is 0 Å². The monoisotopic (exact) mass is 425 g/mol. The number of hydrogen-bond donors (Lipinski definition) is 0. The standard InChI is InChI=1S/C23H27N3O3S/c1-15-6-8-18(9-7-15)13-26-22-19(17(3)24-26)11-20(30-22)23(28)29-14-21(27)25-10-4-5-16(2)12-25/h6-9,11,16H,4-5,10,12-14H2,1-3H3. The zero-order chi connectivity index (χ0) is 21.3. The van der Waals surface area contributed by atoms with Crippen LogP contribution in [0, 0.1) is 19.8 Å². The summed E-state index contributed by atoms with van der Waals surface area (Å²) in [6, 6.07) is 10.2. The van der Waals surface area contributed by atoms with Gasteiger partial charge < -0.3 is 9.64 Å². The number of esters is 1. The van der Waals surface area contributed by atoms with Crippen molar-refractivity contribution in [3.63, 3.8) is 0 Å². The molecule has 3 heterocycles. The number of benzene rings is 1. The molecule has 0 bridgehead atoms. The third-order valence-electron chi connectivity index (χ3n) is 5.60. The third kappa shape index (κ3) is 4.41. The minimum Gasteiger partial charge on any atom is -0.451 e. The highest BCUT2D eigenvalue weighted by molar-refractivity contribution is 7.20. The molecule has 0 radical (unpaired) electrons. The summed E-state index contributed by atoms with van der Waals surface area (Å²) in [5.74, 6) is -0.0610. The fraction of sp³-hybridized carbons (Fsp3) is 0.435. The van der Waals surface area contributed by atoms with Crippen molar-refractivity contribution >= 4 is 33.4 Å². The number of thiophene rings is 1. The van der Waals surface area contributed by atoms with E-state index in [1.54, 1.807) is 4.90 Å². The average molecular weight is 426 g/mol. The average Bonchev–Trinajstić information content (AvgIpc) is 3.29. The molecule has 2 aromatic heterocycles. The normalized spacial score (nSPS) is 16.8. The van der Waals surface area contributed by atoms with Gasteiger partial charge >= 0.3 is 5.97 Å². The van der Waals surface area contributed by atoms with Gasteiger partial charge in [-0.2, -0.15) is 5.10 Å². The Morgan fingerprint density at radius 2 is 2.00 bits per heavy atom. The smallest absolute Gasteiger partial charge is 0.348 e. The number of hydrogen-bond acceptors (Lipinski definition) is 5. The maximum atomic E-state index is 12.6. The van der Waals surface area contributed by atoms with E-state index < -0.39 is 5.97 Å². The number of carbonyl (C=O) groups excluding carboxylic acids is 2. The summed E-state index contributed by atoms with van der Waals surface area (Å²) in [5, 5.41) is 5.58. The Morgan fingerprint density at radius 3 is 2.73 bits per heavy atom. The van der Waals surface area contributed by atoms with E-state index in [-0.39, 0.29) is 12.5 Å². The Morgan fingerprint density at radius 1 is 1.23 bits per heavy atom. The number of likely N-dealkylation sites (tertiary alicyclic amines) is 1. The zero-order valence-corrected chi connectivity index (χ0v) is 18.5. The second-order valence-corrected chi connectivity index (χ2v) is 9.25. The minimum absolute atomic E-state index is 0.113. The largest absolute Gasteiger partial charge is 0.451 e. The van der Waals surface area contributed by atoms with E-state index in [9.17, 15) is 9.59 Å². The van der Waals surface area contributed by atoms with Crippen LogP contribution in [-0.4, -0.2) is 46.3 Å². The molecule has 0 aliphatic carbocycles. The molecule has 1 atom stereocenters. The van der Waals surface area contributed by atoms with Crippen LogP contribution >= 0.6 is 11.3 Å². The predicted octanol–water partition coefficient (Wildman–Crippen LogP) is 4.18. The van der Waals surface area contributed by atoms with E-state index in [4.69, 9.17) is 4.74 Å². The van der Waals surface area contributed by atoms with Crippen molar-refractivity contribution in [2.45, 2.75) is 40.2 Å². The van der Waals surface area contributed by atoms with E-state index in [1.807, 2.05) is 17.7 Å². The molecule has 0 saturated carbocycles. The van der Waals surface area contributed by atoms with Gasteiger partial charge in [0, 0.05) is 18.5 Å². The lowest BCUT2D eigenvalue weighted by atomic mass is 10.0. The maximum Gasteiger partial charge on any atom is 0.348 e. The van der Waals surface area contributed by atoms with Gasteiger partial charge in [0.2, 0.25) is 0 Å². The number of amides is 1. The first-order valence-electron chi connectivity index (χ1n) is 10.4. The van der Waals surface area contributed by atoms with Crippen LogP contribution < -0.4 is 0 Å². The first-order valence-corrected chi connectivity index (χ1v) is 11.2. The van der Waals surface area contributed by atoms with Crippen LogP contribution in [0.2, 0.25) is 0 Å². The Balaban J connectivity index is 1.44. The van der Waals surface area contributed by atoms with E-state index in [1.165, 1.54) is 16.9 Å². The molecule has 7 heteroatoms. The molecular weight excluding hydrogens is 398 g/mol. The van der Waals surface area contributed by atoms with Crippen LogP contribution in [0.1, 0.15) is 46.3 Å². The Hall–Kier alpha value is -2.67. The maximum absolute atomic E-state index is 12.6. The number of aryl methyl sites for hydroxylation is 2. The number of rotatable bonds is 5. The molecule has 1 aromatic carbocycles. The topological polar surface area (TPSA) is 64.4 Å². The summed E-state index contributed by atoms with van der Waals surface area (Å²) in [6.45, 7) is 8.08. The highest BCUT2D eigenvalue weighted by Gasteiger charge is 2.23. The summed E-state index contributed by atoms with van der Waals surface area (Å²) in [6.07, 6.45) is 2.15. The third-order valence-corrected chi connectivity index (χ3v) is 6.73. The SMILES string of the molecule is Cc1ccc(Cn2nc(C)c3cc(C(=O)OCC(=O)N4CCCC(C)C4)sc32)cc1. The van der Waals surface area contributed by atoms with Gasteiger partial charge in [0.25, 0.3) is 5.91 Å². The molecule has 1 aliphatic heterocycles. The summed E-state index contributed by atoms with van der Waals surface area (Å²) in [4.78, 5) is 28.2. The van der Waals surface area contributed by atoms with Crippen molar-refractivity contribution in [2.24, 2.45) is 5.92 Å². The first kappa shape index (κ1) is 20.6. The summed E-state index contributed by atoms with van der Waals surface area (Å²) in [5.41, 5.74) is 3.25. The van der Waals surface area contributed by atoms with Crippen molar-refractivity contribution in [3.8, 4) is 0 Å². The lowest BCUT2D eigenvalue weighted by Crippen LogP contribution is -2.41. The molecule has 1 saturated heterocycles. The predicted molar refractivity (Wildman–Crippen MR) is 118 cm³/mol. The van der Waals surface area contributed by atoms with E-state index in [2.05, 4.69) is 43.2 Å². The van der Waals surface area contributed by atoms with Crippen LogP contribution in [-0.2, 0) is 16.1 Å². The molecular formula is C23H27N3O3S. The van der Waals surface area contributed by atoms with Crippen LogP contribution in [0.25, 0.3) is 10.2 Å². The van der Waals surface area contributed by atoms with Crippen LogP contribution in [0.15, 0.2) is 30.3 Å². The second kappa shape index (κ2) is 8.60. The molecule has 6 nitrogen and oxygen atoms in total. The van der Waals surface area contributed by atoms with Gasteiger partial charge in [0.15, 0.2) is 6.61 Å². The number of piperidine rings is 1. The molecule has 3 aromatic rings.